The average molecular weight is 463 g/mol. The second kappa shape index (κ2) is 9.82. The maximum absolute atomic E-state index is 13.5. The van der Waals surface area contributed by atoms with Crippen LogP contribution in [0.3, 0.4) is 0 Å². The highest BCUT2D eigenvalue weighted by molar-refractivity contribution is 5.80. The number of hydrogen-bond acceptors (Lipinski definition) is 5. The van der Waals surface area contributed by atoms with Crippen molar-refractivity contribution >= 4 is 5.91 Å². The fraction of sp³-hybridized carbons (Fsp3) is 0.625. The minimum Gasteiger partial charge on any atom is -0.381 e. The van der Waals surface area contributed by atoms with Gasteiger partial charge in [0.1, 0.15) is 0 Å². The van der Waals surface area contributed by atoms with Crippen molar-refractivity contribution in [1.82, 2.24) is 15.2 Å². The van der Waals surface area contributed by atoms with E-state index in [2.05, 4.69) is 16.4 Å². The van der Waals surface area contributed by atoms with E-state index in [0.29, 0.717) is 42.3 Å². The summed E-state index contributed by atoms with van der Waals surface area (Å²) in [5.74, 6) is -0.428. The van der Waals surface area contributed by atoms with E-state index < -0.39 is 11.7 Å². The molecule has 3 atom stereocenters. The zero-order valence-electron chi connectivity index (χ0n) is 18.7. The number of nitrogens with one attached hydrogen (secondary N) is 1. The van der Waals surface area contributed by atoms with Crippen molar-refractivity contribution in [3.63, 3.8) is 0 Å². The minimum atomic E-state index is -4.46. The monoisotopic (exact) mass is 462 g/mol. The highest BCUT2D eigenvalue weighted by Gasteiger charge is 2.41. The van der Waals surface area contributed by atoms with Crippen molar-refractivity contribution in [3.8, 4) is 6.07 Å². The van der Waals surface area contributed by atoms with Crippen LogP contribution in [0.1, 0.15) is 49.4 Å². The van der Waals surface area contributed by atoms with E-state index >= 15 is 0 Å². The quantitative estimate of drug-likeness (QED) is 0.692. The summed E-state index contributed by atoms with van der Waals surface area (Å²) in [7, 11) is 0. The number of nitrogens with zero attached hydrogens (tertiary/aromatic N) is 3. The van der Waals surface area contributed by atoms with E-state index in [1.807, 2.05) is 6.08 Å². The van der Waals surface area contributed by atoms with Crippen molar-refractivity contribution in [1.29, 1.82) is 5.26 Å². The van der Waals surface area contributed by atoms with Crippen LogP contribution in [-0.4, -0.2) is 47.6 Å². The lowest BCUT2D eigenvalue weighted by atomic mass is 9.91. The van der Waals surface area contributed by atoms with Crippen molar-refractivity contribution in [2.75, 3.05) is 19.8 Å². The van der Waals surface area contributed by atoms with Crippen LogP contribution in [0.25, 0.3) is 0 Å². The number of alkyl halides is 3. The maximum atomic E-state index is 13.5. The largest absolute Gasteiger partial charge is 0.417 e. The van der Waals surface area contributed by atoms with Crippen molar-refractivity contribution in [2.24, 2.45) is 11.8 Å². The summed E-state index contributed by atoms with van der Waals surface area (Å²) in [6.07, 6.45) is 2.01. The lowest BCUT2D eigenvalue weighted by molar-refractivity contribution is -0.138. The Balaban J connectivity index is 1.49. The van der Waals surface area contributed by atoms with Gasteiger partial charge in [-0.2, -0.15) is 18.4 Å². The van der Waals surface area contributed by atoms with Crippen LogP contribution in [0, 0.1) is 23.2 Å². The molecule has 3 aliphatic rings. The first-order valence-electron chi connectivity index (χ1n) is 11.5. The molecule has 0 radical (unpaired) electrons. The van der Waals surface area contributed by atoms with Gasteiger partial charge in [0, 0.05) is 68.2 Å². The summed E-state index contributed by atoms with van der Waals surface area (Å²) in [5, 5.41) is 12.9. The van der Waals surface area contributed by atoms with E-state index in [1.165, 1.54) is 0 Å². The Hall–Kier alpha value is -2.44. The van der Waals surface area contributed by atoms with Gasteiger partial charge in [-0.05, 0) is 50.2 Å². The van der Waals surface area contributed by atoms with Crippen molar-refractivity contribution in [3.05, 3.63) is 40.7 Å². The van der Waals surface area contributed by atoms with Crippen LogP contribution in [0.2, 0.25) is 0 Å². The number of fused-ring (bicyclic) bond motifs is 1. The molecule has 1 saturated heterocycles. The summed E-state index contributed by atoms with van der Waals surface area (Å²) >= 11 is 0. The fourth-order valence-electron chi connectivity index (χ4n) is 5.23. The first kappa shape index (κ1) is 23.7. The van der Waals surface area contributed by atoms with Crippen LogP contribution < -0.4 is 5.32 Å². The highest BCUT2D eigenvalue weighted by Crippen LogP contribution is 2.37. The molecular formula is C24H29F3N4O2. The fourth-order valence-corrected chi connectivity index (χ4v) is 5.23. The molecule has 1 N–H and O–H groups in total. The number of rotatable bonds is 4. The van der Waals surface area contributed by atoms with E-state index in [1.54, 1.807) is 11.8 Å². The maximum Gasteiger partial charge on any atom is 0.417 e. The number of amides is 1. The summed E-state index contributed by atoms with van der Waals surface area (Å²) in [6, 6.07) is 3.77. The molecule has 9 heteroatoms. The van der Waals surface area contributed by atoms with Crippen LogP contribution in [0.15, 0.2) is 23.9 Å². The number of halogens is 3. The molecule has 3 heterocycles. The van der Waals surface area contributed by atoms with Gasteiger partial charge in [0.05, 0.1) is 11.6 Å². The van der Waals surface area contributed by atoms with Gasteiger partial charge in [0.25, 0.3) is 0 Å². The number of ether oxygens (including phenoxy) is 1. The van der Waals surface area contributed by atoms with E-state index in [-0.39, 0.29) is 30.3 Å². The predicted octanol–water partition coefficient (Wildman–Crippen LogP) is 3.62. The van der Waals surface area contributed by atoms with Gasteiger partial charge in [0.15, 0.2) is 0 Å². The molecule has 1 amide bonds. The summed E-state index contributed by atoms with van der Waals surface area (Å²) in [4.78, 5) is 19.2. The lowest BCUT2D eigenvalue weighted by Gasteiger charge is -2.32. The molecule has 178 valence electrons. The molecular weight excluding hydrogens is 433 g/mol. The highest BCUT2D eigenvalue weighted by atomic mass is 19.4. The minimum absolute atomic E-state index is 0.0543. The average Bonchev–Trinajstić information content (AvgIpc) is 3.19. The zero-order chi connectivity index (χ0) is 23.6. The Labute approximate surface area is 191 Å². The number of nitriles is 1. The summed E-state index contributed by atoms with van der Waals surface area (Å²) < 4.78 is 44.8. The van der Waals surface area contributed by atoms with E-state index in [0.717, 1.165) is 44.7 Å². The molecule has 1 aliphatic carbocycles. The topological polar surface area (TPSA) is 78.2 Å². The second-order valence-electron chi connectivity index (χ2n) is 9.29. The molecule has 1 unspecified atom stereocenters. The van der Waals surface area contributed by atoms with Crippen molar-refractivity contribution < 1.29 is 22.7 Å². The Kier molecular flexibility index (Phi) is 7.05. The summed E-state index contributed by atoms with van der Waals surface area (Å²) in [5.41, 5.74) is 0.865. The molecule has 0 bridgehead atoms. The smallest absolute Gasteiger partial charge is 0.381 e. The van der Waals surface area contributed by atoms with Crippen LogP contribution in [0.5, 0.6) is 0 Å². The van der Waals surface area contributed by atoms with Crippen LogP contribution >= 0.6 is 0 Å². The number of pyridine rings is 1. The normalized spacial score (nSPS) is 26.7. The lowest BCUT2D eigenvalue weighted by Crippen LogP contribution is -2.42. The first-order chi connectivity index (χ1) is 15.7. The third-order valence-corrected chi connectivity index (χ3v) is 6.94. The van der Waals surface area contributed by atoms with Gasteiger partial charge in [0.2, 0.25) is 5.91 Å². The molecule has 1 saturated carbocycles. The molecule has 6 nitrogen and oxygen atoms in total. The molecule has 1 aromatic heterocycles. The second-order valence-corrected chi connectivity index (χ2v) is 9.29. The molecule has 1 aromatic rings. The summed E-state index contributed by atoms with van der Waals surface area (Å²) in [6.45, 7) is 3.76. The molecule has 2 aliphatic heterocycles. The first-order valence-corrected chi connectivity index (χ1v) is 11.5. The molecule has 0 aromatic carbocycles. The Morgan fingerprint density at radius 1 is 1.30 bits per heavy atom. The number of aromatic nitrogens is 1. The van der Waals surface area contributed by atoms with E-state index in [4.69, 9.17) is 4.74 Å². The molecule has 0 spiro atoms. The van der Waals surface area contributed by atoms with Crippen LogP contribution in [-0.2, 0) is 28.7 Å². The van der Waals surface area contributed by atoms with E-state index in [9.17, 15) is 23.2 Å². The Bertz CT molecular complexity index is 950. The Morgan fingerprint density at radius 2 is 2.06 bits per heavy atom. The zero-order valence-corrected chi connectivity index (χ0v) is 18.7. The van der Waals surface area contributed by atoms with Gasteiger partial charge in [-0.3, -0.25) is 9.78 Å². The predicted molar refractivity (Wildman–Crippen MR) is 115 cm³/mol. The van der Waals surface area contributed by atoms with Gasteiger partial charge in [-0.15, -0.1) is 0 Å². The van der Waals surface area contributed by atoms with Gasteiger partial charge >= 0.3 is 6.18 Å². The molecule has 2 fully saturated rings. The number of hydrogen-bond donors (Lipinski definition) is 1. The van der Waals surface area contributed by atoms with Gasteiger partial charge in [-0.1, -0.05) is 6.08 Å². The molecule has 33 heavy (non-hydrogen) atoms. The third-order valence-electron chi connectivity index (χ3n) is 6.94. The van der Waals surface area contributed by atoms with Crippen LogP contribution in [0.4, 0.5) is 13.2 Å². The van der Waals surface area contributed by atoms with Crippen molar-refractivity contribution in [2.45, 2.75) is 63.8 Å². The number of carbonyl (C=O) groups is 1. The molecule has 4 rings (SSSR count). The number of carbonyl (C=O) groups excluding carboxylic acids is 1. The van der Waals surface area contributed by atoms with Gasteiger partial charge < -0.3 is 15.0 Å². The Morgan fingerprint density at radius 3 is 2.76 bits per heavy atom. The standard InChI is InChI=1S/C24H29F3N4O2/c1-15(12-28)8-16-10-20(30-19-3-6-33-7-4-19)11-21(16)23(32)31-5-2-22-17(14-31)9-18(13-29-22)24(25,26)27/h8-9,13,16,19-21,30H,2-7,10-11,14H2,1H3/b15-8+/t16?,20-,21-/m1/s1. The third kappa shape index (κ3) is 5.56. The van der Waals surface area contributed by atoms with Gasteiger partial charge in [-0.25, -0.2) is 0 Å². The SMILES string of the molecule is C/C(C#N)=C\C1C[C@@H](NC2CCOCC2)C[C@H]1C(=O)N1CCc2ncc(C(F)(F)F)cc2C1. The number of allylic oxidation sites excluding steroid dienone is 2.